The second-order valence-electron chi connectivity index (χ2n) is 8.18. The number of imidazole rings is 1. The van der Waals surface area contributed by atoms with E-state index in [0.717, 1.165) is 0 Å². The van der Waals surface area contributed by atoms with Gasteiger partial charge in [-0.2, -0.15) is 0 Å². The van der Waals surface area contributed by atoms with Crippen molar-refractivity contribution >= 4 is 0 Å². The van der Waals surface area contributed by atoms with Gasteiger partial charge in [-0.15, -0.1) is 0 Å². The first-order valence-corrected chi connectivity index (χ1v) is 11.8. The Labute approximate surface area is 164 Å². The van der Waals surface area contributed by atoms with Gasteiger partial charge in [0, 0.05) is 6.92 Å². The maximum atomic E-state index is 2.46. The molecule has 0 amide bonds. The molecular weight excluding hydrogens is 316 g/mol. The number of hydrogen-bond acceptors (Lipinski definition) is 0. The summed E-state index contributed by atoms with van der Waals surface area (Å²) >= 11 is 0. The Bertz CT molecular complexity index is 422. The van der Waals surface area contributed by atoms with Crippen LogP contribution in [0.1, 0.15) is 122 Å². The normalized spacial score (nSPS) is 11.3. The summed E-state index contributed by atoms with van der Waals surface area (Å²) in [5.74, 6) is 1.44. The zero-order valence-corrected chi connectivity index (χ0v) is 18.3. The topological polar surface area (TPSA) is 8.81 Å². The van der Waals surface area contributed by atoms with Crippen LogP contribution in [0.2, 0.25) is 0 Å². The van der Waals surface area contributed by atoms with E-state index in [1.54, 1.807) is 0 Å². The van der Waals surface area contributed by atoms with E-state index >= 15 is 0 Å². The molecule has 0 saturated heterocycles. The summed E-state index contributed by atoms with van der Waals surface area (Å²) in [6.45, 7) is 9.27. The average Bonchev–Trinajstić information content (AvgIpc) is 2.99. The standard InChI is InChI=1S/C24H47N2/c1-4-6-8-10-12-13-14-15-17-19-21-26-23-22-25(24(26)3)20-18-16-11-9-7-5-2/h22-23H,4-21H2,1-3H3/q+1. The molecule has 0 radical (unpaired) electrons. The first-order valence-electron chi connectivity index (χ1n) is 11.8. The molecule has 152 valence electrons. The fourth-order valence-corrected chi connectivity index (χ4v) is 3.85. The monoisotopic (exact) mass is 363 g/mol. The molecule has 0 bridgehead atoms. The van der Waals surface area contributed by atoms with Crippen LogP contribution in [0.15, 0.2) is 12.4 Å². The van der Waals surface area contributed by atoms with Crippen molar-refractivity contribution in [2.24, 2.45) is 0 Å². The Hall–Kier alpha value is -0.790. The molecule has 0 aromatic carbocycles. The van der Waals surface area contributed by atoms with Crippen LogP contribution in [0.25, 0.3) is 0 Å². The molecule has 0 aliphatic rings. The number of nitrogens with zero attached hydrogens (tertiary/aromatic N) is 2. The molecule has 1 rings (SSSR count). The summed E-state index contributed by atoms with van der Waals surface area (Å²) < 4.78 is 4.91. The van der Waals surface area contributed by atoms with E-state index in [9.17, 15) is 0 Å². The van der Waals surface area contributed by atoms with Gasteiger partial charge < -0.3 is 0 Å². The van der Waals surface area contributed by atoms with E-state index in [2.05, 4.69) is 42.3 Å². The minimum absolute atomic E-state index is 1.20. The van der Waals surface area contributed by atoms with Gasteiger partial charge in [0.05, 0.1) is 13.1 Å². The SMILES string of the molecule is CCCCCCCCCCCC[n+]1ccn(CCCCCCCC)c1C. The predicted molar refractivity (Wildman–Crippen MR) is 115 cm³/mol. The minimum Gasteiger partial charge on any atom is -0.234 e. The largest absolute Gasteiger partial charge is 0.253 e. The Morgan fingerprint density at radius 2 is 1.12 bits per heavy atom. The molecule has 0 aliphatic heterocycles. The number of rotatable bonds is 18. The molecule has 0 saturated carbocycles. The molecule has 1 heterocycles. The lowest BCUT2D eigenvalue weighted by atomic mass is 10.1. The summed E-state index contributed by atoms with van der Waals surface area (Å²) in [6, 6.07) is 0. The van der Waals surface area contributed by atoms with Gasteiger partial charge in [-0.3, -0.25) is 0 Å². The van der Waals surface area contributed by atoms with E-state index in [0.29, 0.717) is 0 Å². The van der Waals surface area contributed by atoms with Crippen molar-refractivity contribution in [3.05, 3.63) is 18.2 Å². The highest BCUT2D eigenvalue weighted by atomic mass is 15.1. The third-order valence-corrected chi connectivity index (χ3v) is 5.76. The van der Waals surface area contributed by atoms with Crippen LogP contribution in [0.5, 0.6) is 0 Å². The number of aryl methyl sites for hydroxylation is 2. The molecule has 0 fully saturated rings. The smallest absolute Gasteiger partial charge is 0.234 e. The van der Waals surface area contributed by atoms with E-state index in [1.807, 2.05) is 0 Å². The van der Waals surface area contributed by atoms with Gasteiger partial charge in [-0.25, -0.2) is 9.13 Å². The lowest BCUT2D eigenvalue weighted by Crippen LogP contribution is -2.35. The van der Waals surface area contributed by atoms with E-state index in [1.165, 1.54) is 122 Å². The van der Waals surface area contributed by atoms with Crippen LogP contribution in [-0.4, -0.2) is 4.57 Å². The van der Waals surface area contributed by atoms with E-state index < -0.39 is 0 Å². The van der Waals surface area contributed by atoms with Gasteiger partial charge in [-0.1, -0.05) is 90.9 Å². The minimum atomic E-state index is 1.20. The van der Waals surface area contributed by atoms with E-state index in [4.69, 9.17) is 0 Å². The fourth-order valence-electron chi connectivity index (χ4n) is 3.85. The van der Waals surface area contributed by atoms with Gasteiger partial charge >= 0.3 is 0 Å². The number of unbranched alkanes of at least 4 members (excludes halogenated alkanes) is 14. The van der Waals surface area contributed by atoms with Crippen LogP contribution < -0.4 is 4.57 Å². The average molecular weight is 364 g/mol. The fraction of sp³-hybridized carbons (Fsp3) is 0.875. The first-order chi connectivity index (χ1) is 12.8. The van der Waals surface area contributed by atoms with Crippen LogP contribution >= 0.6 is 0 Å². The van der Waals surface area contributed by atoms with Crippen LogP contribution in [0, 0.1) is 6.92 Å². The highest BCUT2D eigenvalue weighted by molar-refractivity contribution is 4.79. The second kappa shape index (κ2) is 16.4. The molecule has 26 heavy (non-hydrogen) atoms. The van der Waals surface area contributed by atoms with Gasteiger partial charge in [0.1, 0.15) is 12.4 Å². The van der Waals surface area contributed by atoms with Gasteiger partial charge in [-0.05, 0) is 25.7 Å². The Balaban J connectivity index is 2.03. The molecule has 0 unspecified atom stereocenters. The summed E-state index contributed by atoms with van der Waals surface area (Å²) in [5.41, 5.74) is 0. The lowest BCUT2D eigenvalue weighted by molar-refractivity contribution is -0.702. The van der Waals surface area contributed by atoms with Crippen molar-refractivity contribution < 1.29 is 4.57 Å². The van der Waals surface area contributed by atoms with Gasteiger partial charge in [0.15, 0.2) is 0 Å². The summed E-state index contributed by atoms with van der Waals surface area (Å²) in [4.78, 5) is 0. The Morgan fingerprint density at radius 3 is 1.65 bits per heavy atom. The maximum absolute atomic E-state index is 2.46. The van der Waals surface area contributed by atoms with Crippen molar-refractivity contribution in [1.29, 1.82) is 0 Å². The lowest BCUT2D eigenvalue weighted by Gasteiger charge is -2.03. The first kappa shape index (κ1) is 23.2. The molecule has 0 spiro atoms. The van der Waals surface area contributed by atoms with Crippen LogP contribution in [-0.2, 0) is 13.1 Å². The third kappa shape index (κ3) is 11.0. The van der Waals surface area contributed by atoms with Crippen molar-refractivity contribution in [3.8, 4) is 0 Å². The van der Waals surface area contributed by atoms with Crippen molar-refractivity contribution in [3.63, 3.8) is 0 Å². The summed E-state index contributed by atoms with van der Waals surface area (Å²) in [5, 5.41) is 0. The van der Waals surface area contributed by atoms with Crippen molar-refractivity contribution in [2.75, 3.05) is 0 Å². The van der Waals surface area contributed by atoms with Gasteiger partial charge in [0.25, 0.3) is 5.82 Å². The molecule has 0 aliphatic carbocycles. The van der Waals surface area contributed by atoms with Crippen molar-refractivity contribution in [2.45, 2.75) is 137 Å². The second-order valence-corrected chi connectivity index (χ2v) is 8.18. The summed E-state index contributed by atoms with van der Waals surface area (Å²) in [6.07, 6.45) is 27.0. The Morgan fingerprint density at radius 1 is 0.654 bits per heavy atom. The van der Waals surface area contributed by atoms with Crippen LogP contribution in [0.3, 0.4) is 0 Å². The molecule has 1 aromatic rings. The van der Waals surface area contributed by atoms with Gasteiger partial charge in [0.2, 0.25) is 0 Å². The number of aromatic nitrogens is 2. The summed E-state index contributed by atoms with van der Waals surface area (Å²) in [7, 11) is 0. The highest BCUT2D eigenvalue weighted by Crippen LogP contribution is 2.11. The molecule has 1 aromatic heterocycles. The molecule has 0 atom stereocenters. The quantitative estimate of drug-likeness (QED) is 0.190. The third-order valence-electron chi connectivity index (χ3n) is 5.76. The zero-order valence-electron chi connectivity index (χ0n) is 18.3. The number of hydrogen-bond donors (Lipinski definition) is 0. The Kier molecular flexibility index (Phi) is 14.7. The zero-order chi connectivity index (χ0) is 18.9. The molecule has 2 heteroatoms. The van der Waals surface area contributed by atoms with Crippen molar-refractivity contribution in [1.82, 2.24) is 4.57 Å². The predicted octanol–water partition coefficient (Wildman–Crippen LogP) is 7.37. The molecule has 2 nitrogen and oxygen atoms in total. The molecular formula is C24H47N2+. The molecule has 0 N–H and O–H groups in total. The van der Waals surface area contributed by atoms with E-state index in [-0.39, 0.29) is 0 Å². The van der Waals surface area contributed by atoms with Crippen LogP contribution in [0.4, 0.5) is 0 Å². The maximum Gasteiger partial charge on any atom is 0.253 e. The highest BCUT2D eigenvalue weighted by Gasteiger charge is 2.11.